The molecule has 22 heavy (non-hydrogen) atoms. The van der Waals surface area contributed by atoms with Crippen molar-refractivity contribution in [2.45, 2.75) is 69.9 Å². The lowest BCUT2D eigenvalue weighted by atomic mass is 9.97. The molecule has 0 bridgehead atoms. The zero-order valence-electron chi connectivity index (χ0n) is 13.4. The van der Waals surface area contributed by atoms with Crippen LogP contribution in [0.15, 0.2) is 24.5 Å². The average molecular weight is 309 g/mol. The number of fused-ring (bicyclic) bond motifs is 3. The Bertz CT molecular complexity index is 555. The summed E-state index contributed by atoms with van der Waals surface area (Å²) in [6, 6.07) is 3.97. The van der Waals surface area contributed by atoms with Crippen LogP contribution in [0.3, 0.4) is 0 Å². The van der Waals surface area contributed by atoms with Gasteiger partial charge in [0.25, 0.3) is 0 Å². The quantitative estimate of drug-likeness (QED) is 0.835. The number of hydrogen-bond acceptors (Lipinski definition) is 5. The summed E-state index contributed by atoms with van der Waals surface area (Å²) in [7, 11) is 0. The van der Waals surface area contributed by atoms with Gasteiger partial charge in [-0.1, -0.05) is 0 Å². The molecule has 3 aliphatic heterocycles. The Labute approximate surface area is 130 Å². The van der Waals surface area contributed by atoms with Crippen molar-refractivity contribution >= 4 is 0 Å². The fourth-order valence-corrected chi connectivity index (χ4v) is 3.69. The Morgan fingerprint density at radius 2 is 1.73 bits per heavy atom. The van der Waals surface area contributed by atoms with Gasteiger partial charge >= 0.3 is 0 Å². The van der Waals surface area contributed by atoms with Gasteiger partial charge in [-0.15, -0.1) is 0 Å². The highest BCUT2D eigenvalue weighted by atomic mass is 16.9. The van der Waals surface area contributed by atoms with E-state index in [0.29, 0.717) is 13.2 Å². The normalized spacial score (nSPS) is 42.1. The summed E-state index contributed by atoms with van der Waals surface area (Å²) < 4.78 is 32.5. The Balaban J connectivity index is 1.67. The van der Waals surface area contributed by atoms with Crippen molar-refractivity contribution in [2.24, 2.45) is 0 Å². The van der Waals surface area contributed by atoms with Crippen molar-refractivity contribution in [2.75, 3.05) is 6.61 Å². The van der Waals surface area contributed by atoms with E-state index in [-0.39, 0.29) is 18.3 Å². The van der Waals surface area contributed by atoms with Crippen LogP contribution in [0.1, 0.15) is 27.7 Å². The van der Waals surface area contributed by atoms with Gasteiger partial charge < -0.3 is 28.3 Å². The van der Waals surface area contributed by atoms with E-state index in [9.17, 15) is 0 Å². The minimum Gasteiger partial charge on any atom is -0.349 e. The largest absolute Gasteiger partial charge is 0.349 e. The van der Waals surface area contributed by atoms with Crippen molar-refractivity contribution in [1.82, 2.24) is 4.57 Å². The van der Waals surface area contributed by atoms with Crippen LogP contribution in [0.5, 0.6) is 0 Å². The van der Waals surface area contributed by atoms with E-state index in [1.807, 2.05) is 56.8 Å². The molecular weight excluding hydrogens is 286 g/mol. The predicted molar refractivity (Wildman–Crippen MR) is 77.0 cm³/mol. The first-order valence-corrected chi connectivity index (χ1v) is 7.77. The highest BCUT2D eigenvalue weighted by Gasteiger charge is 2.65. The maximum Gasteiger partial charge on any atom is 0.218 e. The summed E-state index contributed by atoms with van der Waals surface area (Å²) in [5, 5.41) is 0. The molecule has 6 heteroatoms. The lowest BCUT2D eigenvalue weighted by Gasteiger charge is -2.40. The standard InChI is InChI=1S/C16H23NO5/c1-14(2)19-11-9-18-16(10-17-7-5-6-8-17)13(12(11)20-14)21-15(3,4)22-16/h5-8,11-13H,9-10H2,1-4H3/t11-,12-,13+,16+/m1/s1. The van der Waals surface area contributed by atoms with Crippen molar-refractivity contribution in [3.63, 3.8) is 0 Å². The van der Waals surface area contributed by atoms with Crippen LogP contribution in [0.2, 0.25) is 0 Å². The monoisotopic (exact) mass is 309 g/mol. The van der Waals surface area contributed by atoms with Gasteiger partial charge in [-0.2, -0.15) is 0 Å². The summed E-state index contributed by atoms with van der Waals surface area (Å²) in [6.07, 6.45) is 3.33. The third-order valence-corrected chi connectivity index (χ3v) is 4.34. The van der Waals surface area contributed by atoms with Gasteiger partial charge in [0.1, 0.15) is 18.3 Å². The van der Waals surface area contributed by atoms with E-state index in [1.165, 1.54) is 0 Å². The van der Waals surface area contributed by atoms with Gasteiger partial charge in [0.15, 0.2) is 11.6 Å². The molecule has 0 saturated carbocycles. The van der Waals surface area contributed by atoms with Crippen LogP contribution in [0.25, 0.3) is 0 Å². The highest BCUT2D eigenvalue weighted by molar-refractivity contribution is 5.04. The summed E-state index contributed by atoms with van der Waals surface area (Å²) in [5.41, 5.74) is 0. The molecule has 3 saturated heterocycles. The molecule has 4 heterocycles. The summed E-state index contributed by atoms with van der Waals surface area (Å²) in [5.74, 6) is -2.20. The smallest absolute Gasteiger partial charge is 0.218 e. The van der Waals surface area contributed by atoms with Crippen LogP contribution < -0.4 is 0 Å². The van der Waals surface area contributed by atoms with E-state index in [1.54, 1.807) is 0 Å². The summed E-state index contributed by atoms with van der Waals surface area (Å²) >= 11 is 0. The molecule has 0 radical (unpaired) electrons. The SMILES string of the molecule is CC1(C)O[C@@H]2[C@@H](CO[C@@]3(Cn4cccc4)OC(C)(C)O[C@@H]23)O1. The van der Waals surface area contributed by atoms with Gasteiger partial charge in [-0.25, -0.2) is 0 Å². The Morgan fingerprint density at radius 1 is 1.00 bits per heavy atom. The van der Waals surface area contributed by atoms with E-state index in [2.05, 4.69) is 0 Å². The molecule has 0 amide bonds. The van der Waals surface area contributed by atoms with Crippen LogP contribution in [0.4, 0.5) is 0 Å². The second-order valence-electron chi connectivity index (χ2n) is 7.16. The van der Waals surface area contributed by atoms with E-state index < -0.39 is 17.4 Å². The molecule has 4 atom stereocenters. The molecule has 0 aromatic carbocycles. The first-order valence-electron chi connectivity index (χ1n) is 7.77. The molecular formula is C16H23NO5. The molecule has 1 aromatic heterocycles. The minimum atomic E-state index is -0.854. The number of hydrogen-bond donors (Lipinski definition) is 0. The van der Waals surface area contributed by atoms with E-state index in [0.717, 1.165) is 0 Å². The lowest BCUT2D eigenvalue weighted by molar-refractivity contribution is -0.287. The molecule has 0 unspecified atom stereocenters. The van der Waals surface area contributed by atoms with Gasteiger partial charge in [-0.05, 0) is 39.8 Å². The molecule has 122 valence electrons. The van der Waals surface area contributed by atoms with Gasteiger partial charge in [0.05, 0.1) is 13.2 Å². The summed E-state index contributed by atoms with van der Waals surface area (Å²) in [4.78, 5) is 0. The Morgan fingerprint density at radius 3 is 2.45 bits per heavy atom. The summed E-state index contributed by atoms with van der Waals surface area (Å²) in [6.45, 7) is 8.64. The third kappa shape index (κ3) is 2.30. The van der Waals surface area contributed by atoms with Gasteiger partial charge in [-0.3, -0.25) is 0 Å². The Hall–Kier alpha value is -0.920. The zero-order valence-corrected chi connectivity index (χ0v) is 13.4. The van der Waals surface area contributed by atoms with Gasteiger partial charge in [0.2, 0.25) is 5.79 Å². The molecule has 3 fully saturated rings. The zero-order chi connectivity index (χ0) is 15.6. The highest BCUT2D eigenvalue weighted by Crippen LogP contribution is 2.48. The molecule has 0 spiro atoms. The van der Waals surface area contributed by atoms with Crippen LogP contribution in [0, 0.1) is 0 Å². The van der Waals surface area contributed by atoms with E-state index >= 15 is 0 Å². The topological polar surface area (TPSA) is 51.1 Å². The van der Waals surface area contributed by atoms with Crippen molar-refractivity contribution in [3.05, 3.63) is 24.5 Å². The minimum absolute atomic E-state index is 0.129. The maximum atomic E-state index is 6.19. The second-order valence-corrected chi connectivity index (χ2v) is 7.16. The molecule has 6 nitrogen and oxygen atoms in total. The van der Waals surface area contributed by atoms with Gasteiger partial charge in [0, 0.05) is 12.4 Å². The second kappa shape index (κ2) is 4.55. The molecule has 4 rings (SSSR count). The number of aromatic nitrogens is 1. The van der Waals surface area contributed by atoms with Crippen molar-refractivity contribution in [1.29, 1.82) is 0 Å². The predicted octanol–water partition coefficient (Wildman–Crippen LogP) is 1.89. The lowest BCUT2D eigenvalue weighted by Crippen LogP contribution is -2.60. The first kappa shape index (κ1) is 14.7. The van der Waals surface area contributed by atoms with Crippen molar-refractivity contribution in [3.8, 4) is 0 Å². The Kier molecular flexibility index (Phi) is 3.03. The fourth-order valence-electron chi connectivity index (χ4n) is 3.69. The average Bonchev–Trinajstić information content (AvgIpc) is 3.04. The molecule has 3 aliphatic rings. The fraction of sp³-hybridized carbons (Fsp3) is 0.750. The first-order chi connectivity index (χ1) is 10.3. The van der Waals surface area contributed by atoms with Crippen LogP contribution in [-0.2, 0) is 30.2 Å². The van der Waals surface area contributed by atoms with Crippen LogP contribution in [-0.4, -0.2) is 46.8 Å². The molecule has 0 aliphatic carbocycles. The molecule has 0 N–H and O–H groups in total. The number of ether oxygens (including phenoxy) is 5. The van der Waals surface area contributed by atoms with Crippen molar-refractivity contribution < 1.29 is 23.7 Å². The number of nitrogens with zero attached hydrogens (tertiary/aromatic N) is 1. The van der Waals surface area contributed by atoms with E-state index in [4.69, 9.17) is 23.7 Å². The molecule has 1 aromatic rings. The maximum absolute atomic E-state index is 6.19. The third-order valence-electron chi connectivity index (χ3n) is 4.34. The van der Waals surface area contributed by atoms with Crippen LogP contribution >= 0.6 is 0 Å². The number of rotatable bonds is 2.